The summed E-state index contributed by atoms with van der Waals surface area (Å²) in [6, 6.07) is 7.57. The van der Waals surface area contributed by atoms with Gasteiger partial charge in [-0.25, -0.2) is 4.98 Å². The van der Waals surface area contributed by atoms with E-state index in [2.05, 4.69) is 10.3 Å². The average Bonchev–Trinajstić information content (AvgIpc) is 2.85. The molecule has 5 nitrogen and oxygen atoms in total. The number of carbonyl (C=O) groups excluding carboxylic acids is 1. The van der Waals surface area contributed by atoms with E-state index in [1.54, 1.807) is 6.20 Å². The minimum atomic E-state index is -0.0525. The Balaban J connectivity index is 1.93. The Labute approximate surface area is 118 Å². The second-order valence-corrected chi connectivity index (χ2v) is 4.66. The van der Waals surface area contributed by atoms with Gasteiger partial charge in [-0.05, 0) is 24.6 Å². The number of aryl methyl sites for hydroxylation is 1. The maximum atomic E-state index is 12.2. The summed E-state index contributed by atoms with van der Waals surface area (Å²) in [6.07, 6.45) is 5.08. The topological polar surface area (TPSA) is 72.9 Å². The first-order chi connectivity index (χ1) is 9.72. The van der Waals surface area contributed by atoms with E-state index in [0.29, 0.717) is 31.5 Å². The van der Waals surface area contributed by atoms with Crippen molar-refractivity contribution in [1.82, 2.24) is 14.9 Å². The van der Waals surface area contributed by atoms with E-state index in [0.717, 1.165) is 11.4 Å². The highest BCUT2D eigenvalue weighted by molar-refractivity contribution is 5.95. The third kappa shape index (κ3) is 3.45. The van der Waals surface area contributed by atoms with Crippen molar-refractivity contribution in [2.45, 2.75) is 12.8 Å². The molecule has 20 heavy (non-hydrogen) atoms. The number of benzene rings is 1. The van der Waals surface area contributed by atoms with Crippen LogP contribution < -0.4 is 11.1 Å². The summed E-state index contributed by atoms with van der Waals surface area (Å²) in [5.41, 5.74) is 7.26. The Hall–Kier alpha value is -2.14. The second kappa shape index (κ2) is 6.86. The Bertz CT molecular complexity index is 577. The van der Waals surface area contributed by atoms with Crippen molar-refractivity contribution < 1.29 is 4.79 Å². The van der Waals surface area contributed by atoms with Crippen LogP contribution in [0.25, 0.3) is 0 Å². The first-order valence-corrected chi connectivity index (χ1v) is 6.74. The van der Waals surface area contributed by atoms with E-state index >= 15 is 0 Å². The van der Waals surface area contributed by atoms with Gasteiger partial charge in [-0.1, -0.05) is 18.2 Å². The van der Waals surface area contributed by atoms with Crippen LogP contribution in [-0.4, -0.2) is 28.5 Å². The van der Waals surface area contributed by atoms with Gasteiger partial charge in [0.05, 0.1) is 0 Å². The average molecular weight is 272 g/mol. The van der Waals surface area contributed by atoms with Gasteiger partial charge in [-0.3, -0.25) is 4.79 Å². The van der Waals surface area contributed by atoms with Crippen molar-refractivity contribution >= 4 is 5.91 Å². The molecular weight excluding hydrogens is 252 g/mol. The molecule has 0 saturated heterocycles. The lowest BCUT2D eigenvalue weighted by Gasteiger charge is -2.09. The van der Waals surface area contributed by atoms with Crippen molar-refractivity contribution in [2.75, 3.05) is 13.1 Å². The van der Waals surface area contributed by atoms with Gasteiger partial charge in [0.1, 0.15) is 5.82 Å². The predicted molar refractivity (Wildman–Crippen MR) is 78.4 cm³/mol. The molecular formula is C15H20N4O. The van der Waals surface area contributed by atoms with Crippen molar-refractivity contribution in [3.8, 4) is 0 Å². The molecule has 0 saturated carbocycles. The minimum Gasteiger partial charge on any atom is -0.352 e. The molecule has 0 bridgehead atoms. The molecule has 0 atom stereocenters. The van der Waals surface area contributed by atoms with Gasteiger partial charge < -0.3 is 15.6 Å². The Morgan fingerprint density at radius 3 is 2.85 bits per heavy atom. The third-order valence-electron chi connectivity index (χ3n) is 3.23. The van der Waals surface area contributed by atoms with E-state index in [1.807, 2.05) is 42.1 Å². The first kappa shape index (κ1) is 14.3. The molecule has 5 heteroatoms. The number of rotatable bonds is 6. The second-order valence-electron chi connectivity index (χ2n) is 4.66. The number of nitrogens with one attached hydrogen (secondary N) is 1. The molecule has 106 valence electrons. The molecule has 0 aliphatic carbocycles. The van der Waals surface area contributed by atoms with Gasteiger partial charge >= 0.3 is 0 Å². The van der Waals surface area contributed by atoms with Gasteiger partial charge in [-0.15, -0.1) is 0 Å². The number of carbonyl (C=O) groups is 1. The van der Waals surface area contributed by atoms with Crippen LogP contribution in [0, 0.1) is 0 Å². The van der Waals surface area contributed by atoms with Crippen LogP contribution in [0.5, 0.6) is 0 Å². The van der Waals surface area contributed by atoms with Gasteiger partial charge in [0.15, 0.2) is 0 Å². The third-order valence-corrected chi connectivity index (χ3v) is 3.23. The predicted octanol–water partition coefficient (Wildman–Crippen LogP) is 0.894. The normalized spacial score (nSPS) is 10.5. The number of nitrogens with two attached hydrogens (primary N) is 1. The van der Waals surface area contributed by atoms with Crippen LogP contribution in [0.3, 0.4) is 0 Å². The molecule has 1 aromatic carbocycles. The smallest absolute Gasteiger partial charge is 0.251 e. The number of nitrogens with zero attached hydrogens (tertiary/aromatic N) is 2. The Morgan fingerprint density at radius 1 is 1.35 bits per heavy atom. The molecule has 0 unspecified atom stereocenters. The monoisotopic (exact) mass is 272 g/mol. The van der Waals surface area contributed by atoms with Crippen LogP contribution in [0.1, 0.15) is 21.7 Å². The number of imidazole rings is 1. The lowest BCUT2D eigenvalue weighted by molar-refractivity contribution is 0.0953. The number of hydrogen-bond acceptors (Lipinski definition) is 3. The maximum Gasteiger partial charge on any atom is 0.251 e. The summed E-state index contributed by atoms with van der Waals surface area (Å²) in [6.45, 7) is 1.11. The van der Waals surface area contributed by atoms with Crippen LogP contribution in [0.4, 0.5) is 0 Å². The molecule has 0 aliphatic rings. The van der Waals surface area contributed by atoms with Gasteiger partial charge in [-0.2, -0.15) is 0 Å². The highest BCUT2D eigenvalue weighted by atomic mass is 16.1. The van der Waals surface area contributed by atoms with E-state index in [1.165, 1.54) is 0 Å². The largest absolute Gasteiger partial charge is 0.352 e. The molecule has 1 amide bonds. The summed E-state index contributed by atoms with van der Waals surface area (Å²) >= 11 is 0. The van der Waals surface area contributed by atoms with Crippen LogP contribution in [0.15, 0.2) is 36.7 Å². The Kier molecular flexibility index (Phi) is 4.90. The minimum absolute atomic E-state index is 0.0525. The zero-order valence-corrected chi connectivity index (χ0v) is 11.7. The molecule has 0 radical (unpaired) electrons. The Morgan fingerprint density at radius 2 is 2.15 bits per heavy atom. The summed E-state index contributed by atoms with van der Waals surface area (Å²) in [4.78, 5) is 16.4. The zero-order valence-electron chi connectivity index (χ0n) is 11.7. The molecule has 0 spiro atoms. The van der Waals surface area contributed by atoms with Crippen LogP contribution in [0.2, 0.25) is 0 Å². The molecule has 1 heterocycles. The summed E-state index contributed by atoms with van der Waals surface area (Å²) in [7, 11) is 1.95. The molecule has 3 N–H and O–H groups in total. The molecule has 0 fully saturated rings. The van der Waals surface area contributed by atoms with Crippen molar-refractivity contribution in [1.29, 1.82) is 0 Å². The van der Waals surface area contributed by atoms with Crippen molar-refractivity contribution in [3.05, 3.63) is 53.6 Å². The SMILES string of the molecule is Cn1ccnc1CCNC(=O)c1ccccc1CCN. The van der Waals surface area contributed by atoms with Gasteiger partial charge in [0.25, 0.3) is 5.91 Å². The standard InChI is InChI=1S/C15H20N4O/c1-19-11-10-17-14(19)7-9-18-15(20)13-5-3-2-4-12(13)6-8-16/h2-5,10-11H,6-9,16H2,1H3,(H,18,20). The van der Waals surface area contributed by atoms with Crippen molar-refractivity contribution in [2.24, 2.45) is 12.8 Å². The fraction of sp³-hybridized carbons (Fsp3) is 0.333. The molecule has 1 aromatic heterocycles. The zero-order chi connectivity index (χ0) is 14.4. The van der Waals surface area contributed by atoms with Gasteiger partial charge in [0.2, 0.25) is 0 Å². The quantitative estimate of drug-likeness (QED) is 0.820. The summed E-state index contributed by atoms with van der Waals surface area (Å²) in [5, 5.41) is 2.93. The summed E-state index contributed by atoms with van der Waals surface area (Å²) < 4.78 is 1.95. The summed E-state index contributed by atoms with van der Waals surface area (Å²) in [5.74, 6) is 0.906. The number of aromatic nitrogens is 2. The number of amides is 1. The lowest BCUT2D eigenvalue weighted by atomic mass is 10.0. The fourth-order valence-corrected chi connectivity index (χ4v) is 2.14. The number of hydrogen-bond donors (Lipinski definition) is 2. The lowest BCUT2D eigenvalue weighted by Crippen LogP contribution is -2.27. The van der Waals surface area contributed by atoms with E-state index in [4.69, 9.17) is 5.73 Å². The van der Waals surface area contributed by atoms with Crippen LogP contribution >= 0.6 is 0 Å². The van der Waals surface area contributed by atoms with Crippen LogP contribution in [-0.2, 0) is 19.9 Å². The van der Waals surface area contributed by atoms with E-state index in [-0.39, 0.29) is 5.91 Å². The molecule has 0 aliphatic heterocycles. The molecule has 2 rings (SSSR count). The van der Waals surface area contributed by atoms with Crippen molar-refractivity contribution in [3.63, 3.8) is 0 Å². The maximum absolute atomic E-state index is 12.2. The highest BCUT2D eigenvalue weighted by Gasteiger charge is 2.10. The van der Waals surface area contributed by atoms with Gasteiger partial charge in [0, 0.05) is 38.0 Å². The highest BCUT2D eigenvalue weighted by Crippen LogP contribution is 2.09. The van der Waals surface area contributed by atoms with E-state index in [9.17, 15) is 4.79 Å². The first-order valence-electron chi connectivity index (χ1n) is 6.74. The fourth-order valence-electron chi connectivity index (χ4n) is 2.14. The molecule has 2 aromatic rings. The van der Waals surface area contributed by atoms with E-state index < -0.39 is 0 Å².